The zero-order valence-corrected chi connectivity index (χ0v) is 9.66. The van der Waals surface area contributed by atoms with Crippen molar-refractivity contribution in [2.24, 2.45) is 0 Å². The van der Waals surface area contributed by atoms with E-state index in [9.17, 15) is 13.2 Å². The molecule has 1 aromatic carbocycles. The van der Waals surface area contributed by atoms with Gasteiger partial charge in [0.05, 0.1) is 12.0 Å². The minimum atomic E-state index is -4.31. The van der Waals surface area contributed by atoms with E-state index < -0.39 is 11.7 Å². The molecule has 3 nitrogen and oxygen atoms in total. The van der Waals surface area contributed by atoms with Crippen molar-refractivity contribution in [2.45, 2.75) is 25.9 Å². The predicted molar refractivity (Wildman–Crippen MR) is 57.9 cm³/mol. The average molecular weight is 256 g/mol. The van der Waals surface area contributed by atoms with Crippen LogP contribution in [0.5, 0.6) is 0 Å². The first-order valence-corrected chi connectivity index (χ1v) is 5.46. The van der Waals surface area contributed by atoms with Crippen molar-refractivity contribution in [1.82, 2.24) is 10.1 Å². The van der Waals surface area contributed by atoms with Gasteiger partial charge in [-0.1, -0.05) is 24.2 Å². The van der Waals surface area contributed by atoms with Crippen molar-refractivity contribution in [3.8, 4) is 0 Å². The fourth-order valence-corrected chi connectivity index (χ4v) is 1.49. The molecule has 2 rings (SSSR count). The number of halogens is 3. The van der Waals surface area contributed by atoms with Crippen molar-refractivity contribution >= 4 is 0 Å². The Labute approximate surface area is 102 Å². The maximum atomic E-state index is 12.4. The van der Waals surface area contributed by atoms with E-state index in [1.807, 2.05) is 6.92 Å². The highest BCUT2D eigenvalue weighted by Gasteiger charge is 2.29. The number of nitrogens with zero attached hydrogens (tertiary/aromatic N) is 2. The van der Waals surface area contributed by atoms with Crippen LogP contribution in [0, 0.1) is 0 Å². The van der Waals surface area contributed by atoms with Crippen LogP contribution in [0.25, 0.3) is 0 Å². The molecule has 0 aliphatic carbocycles. The highest BCUT2D eigenvalue weighted by Crippen LogP contribution is 2.29. The highest BCUT2D eigenvalue weighted by molar-refractivity contribution is 5.26. The van der Waals surface area contributed by atoms with Crippen LogP contribution in [0.1, 0.15) is 29.8 Å². The fourth-order valence-electron chi connectivity index (χ4n) is 1.49. The Balaban J connectivity index is 2.11. The summed E-state index contributed by atoms with van der Waals surface area (Å²) in [4.78, 5) is 4.10. The molecule has 0 bridgehead atoms. The third-order valence-electron chi connectivity index (χ3n) is 2.46. The molecule has 1 aromatic heterocycles. The first kappa shape index (κ1) is 12.6. The van der Waals surface area contributed by atoms with E-state index >= 15 is 0 Å². The zero-order chi connectivity index (χ0) is 13.2. The lowest BCUT2D eigenvalue weighted by molar-refractivity contribution is -0.137. The standard InChI is InChI=1S/C12H11F3N2O/c1-2-10-16-11(18-17-10)7-8-3-5-9(6-4-8)12(13,14)15/h3-6H,2,7H2,1H3. The van der Waals surface area contributed by atoms with Crippen LogP contribution in [0.4, 0.5) is 13.2 Å². The minimum Gasteiger partial charge on any atom is -0.339 e. The topological polar surface area (TPSA) is 38.9 Å². The quantitative estimate of drug-likeness (QED) is 0.846. The Hall–Kier alpha value is -1.85. The van der Waals surface area contributed by atoms with Gasteiger partial charge in [-0.15, -0.1) is 0 Å². The van der Waals surface area contributed by atoms with Gasteiger partial charge in [-0.05, 0) is 17.7 Å². The number of rotatable bonds is 3. The summed E-state index contributed by atoms with van der Waals surface area (Å²) in [6, 6.07) is 4.93. The van der Waals surface area contributed by atoms with Gasteiger partial charge in [-0.25, -0.2) is 0 Å². The second-order valence-electron chi connectivity index (χ2n) is 3.83. The van der Waals surface area contributed by atoms with Crippen LogP contribution in [0.3, 0.4) is 0 Å². The molecule has 0 N–H and O–H groups in total. The molecule has 0 unspecified atom stereocenters. The summed E-state index contributed by atoms with van der Waals surface area (Å²) >= 11 is 0. The molecule has 0 atom stereocenters. The maximum Gasteiger partial charge on any atom is 0.416 e. The molecule has 6 heteroatoms. The number of alkyl halides is 3. The normalized spacial score (nSPS) is 11.8. The largest absolute Gasteiger partial charge is 0.416 e. The summed E-state index contributed by atoms with van der Waals surface area (Å²) in [5.41, 5.74) is 0.0420. The third kappa shape index (κ3) is 2.88. The molecule has 0 aliphatic heterocycles. The lowest BCUT2D eigenvalue weighted by Crippen LogP contribution is -2.04. The highest BCUT2D eigenvalue weighted by atomic mass is 19.4. The van der Waals surface area contributed by atoms with Gasteiger partial charge in [0.15, 0.2) is 5.82 Å². The molecule has 0 saturated heterocycles. The van der Waals surface area contributed by atoms with Gasteiger partial charge in [0.25, 0.3) is 0 Å². The third-order valence-corrected chi connectivity index (χ3v) is 2.46. The van der Waals surface area contributed by atoms with Crippen molar-refractivity contribution in [3.05, 3.63) is 47.1 Å². The van der Waals surface area contributed by atoms with Gasteiger partial charge in [-0.2, -0.15) is 18.2 Å². The van der Waals surface area contributed by atoms with Crippen LogP contribution in [-0.2, 0) is 19.0 Å². The summed E-state index contributed by atoms with van der Waals surface area (Å²) in [5.74, 6) is 1.00. The molecular weight excluding hydrogens is 245 g/mol. The van der Waals surface area contributed by atoms with E-state index in [-0.39, 0.29) is 0 Å². The van der Waals surface area contributed by atoms with Crippen LogP contribution < -0.4 is 0 Å². The van der Waals surface area contributed by atoms with E-state index in [1.54, 1.807) is 0 Å². The number of aryl methyl sites for hydroxylation is 1. The second-order valence-corrected chi connectivity index (χ2v) is 3.83. The van der Waals surface area contributed by atoms with Gasteiger partial charge in [-0.3, -0.25) is 0 Å². The Morgan fingerprint density at radius 3 is 2.33 bits per heavy atom. The summed E-state index contributed by atoms with van der Waals surface area (Å²) in [6.07, 6.45) is -3.31. The molecule has 1 heterocycles. The van der Waals surface area contributed by atoms with Crippen LogP contribution in [0.15, 0.2) is 28.8 Å². The van der Waals surface area contributed by atoms with Crippen molar-refractivity contribution < 1.29 is 17.7 Å². The molecule has 2 aromatic rings. The van der Waals surface area contributed by atoms with Crippen molar-refractivity contribution in [1.29, 1.82) is 0 Å². The number of benzene rings is 1. The Bertz CT molecular complexity index is 517. The lowest BCUT2D eigenvalue weighted by Gasteiger charge is -2.06. The summed E-state index contributed by atoms with van der Waals surface area (Å²) in [6.45, 7) is 1.90. The van der Waals surface area contributed by atoms with E-state index in [4.69, 9.17) is 4.52 Å². The van der Waals surface area contributed by atoms with E-state index in [2.05, 4.69) is 10.1 Å². The minimum absolute atomic E-state index is 0.338. The molecule has 0 fully saturated rings. The molecule has 96 valence electrons. The molecule has 0 spiro atoms. The van der Waals surface area contributed by atoms with Crippen LogP contribution >= 0.6 is 0 Å². The monoisotopic (exact) mass is 256 g/mol. The van der Waals surface area contributed by atoms with Gasteiger partial charge in [0.2, 0.25) is 5.89 Å². The fraction of sp³-hybridized carbons (Fsp3) is 0.333. The molecule has 18 heavy (non-hydrogen) atoms. The van der Waals surface area contributed by atoms with E-state index in [0.717, 1.165) is 12.1 Å². The molecule has 0 radical (unpaired) electrons. The summed E-state index contributed by atoms with van der Waals surface area (Å²) < 4.78 is 42.0. The number of aromatic nitrogens is 2. The zero-order valence-electron chi connectivity index (χ0n) is 9.66. The first-order chi connectivity index (χ1) is 8.49. The summed E-state index contributed by atoms with van der Waals surface area (Å²) in [5, 5.41) is 3.72. The smallest absolute Gasteiger partial charge is 0.339 e. The Morgan fingerprint density at radius 1 is 1.17 bits per heavy atom. The number of hydrogen-bond acceptors (Lipinski definition) is 3. The SMILES string of the molecule is CCc1noc(Cc2ccc(C(F)(F)F)cc2)n1. The van der Waals surface area contributed by atoms with Crippen LogP contribution in [-0.4, -0.2) is 10.1 Å². The molecule has 0 amide bonds. The Kier molecular flexibility index (Phi) is 3.36. The molecular formula is C12H11F3N2O. The molecule has 0 aliphatic rings. The average Bonchev–Trinajstić information content (AvgIpc) is 2.76. The first-order valence-electron chi connectivity index (χ1n) is 5.46. The van der Waals surface area contributed by atoms with E-state index in [0.29, 0.717) is 30.1 Å². The van der Waals surface area contributed by atoms with Gasteiger partial charge in [0, 0.05) is 6.42 Å². The molecule has 0 saturated carbocycles. The van der Waals surface area contributed by atoms with Gasteiger partial charge < -0.3 is 4.52 Å². The maximum absolute atomic E-state index is 12.4. The van der Waals surface area contributed by atoms with Gasteiger partial charge in [0.1, 0.15) is 0 Å². The summed E-state index contributed by atoms with van der Waals surface area (Å²) in [7, 11) is 0. The van der Waals surface area contributed by atoms with Crippen molar-refractivity contribution in [2.75, 3.05) is 0 Å². The second kappa shape index (κ2) is 4.80. The van der Waals surface area contributed by atoms with Gasteiger partial charge >= 0.3 is 6.18 Å². The lowest BCUT2D eigenvalue weighted by atomic mass is 10.1. The number of hydrogen-bond donors (Lipinski definition) is 0. The predicted octanol–water partition coefficient (Wildman–Crippen LogP) is 3.24. The Morgan fingerprint density at radius 2 is 1.83 bits per heavy atom. The van der Waals surface area contributed by atoms with E-state index in [1.165, 1.54) is 12.1 Å². The van der Waals surface area contributed by atoms with Crippen molar-refractivity contribution in [3.63, 3.8) is 0 Å². The van der Waals surface area contributed by atoms with Crippen LogP contribution in [0.2, 0.25) is 0 Å².